The topological polar surface area (TPSA) is 89.6 Å². The van der Waals surface area contributed by atoms with E-state index in [0.29, 0.717) is 42.4 Å². The molecule has 0 bridgehead atoms. The maximum Gasteiger partial charge on any atom is 0.226 e. The molecular formula is C28H37N3O6. The van der Waals surface area contributed by atoms with Gasteiger partial charge in [-0.25, -0.2) is 0 Å². The maximum absolute atomic E-state index is 13.3. The second-order valence-electron chi connectivity index (χ2n) is 9.47. The first-order valence-corrected chi connectivity index (χ1v) is 12.7. The molecule has 200 valence electrons. The number of nitrogens with one attached hydrogen (secondary N) is 1. The maximum atomic E-state index is 13.3. The van der Waals surface area contributed by atoms with Crippen LogP contribution in [-0.2, 0) is 22.6 Å². The molecule has 37 heavy (non-hydrogen) atoms. The highest BCUT2D eigenvalue weighted by Gasteiger charge is 2.31. The number of ether oxygens (including phenoxy) is 4. The lowest BCUT2D eigenvalue weighted by Crippen LogP contribution is -2.44. The van der Waals surface area contributed by atoms with Gasteiger partial charge in [0.25, 0.3) is 0 Å². The second kappa shape index (κ2) is 12.2. The minimum Gasteiger partial charge on any atom is -0.493 e. The Hall–Kier alpha value is -3.46. The average Bonchev–Trinajstić information content (AvgIpc) is 2.94. The van der Waals surface area contributed by atoms with Crippen molar-refractivity contribution in [2.75, 3.05) is 59.9 Å². The van der Waals surface area contributed by atoms with Crippen molar-refractivity contribution in [2.45, 2.75) is 32.2 Å². The fourth-order valence-corrected chi connectivity index (χ4v) is 5.13. The van der Waals surface area contributed by atoms with Crippen molar-refractivity contribution in [1.29, 1.82) is 0 Å². The number of amides is 2. The standard InChI is InChI=1S/C28H37N3O6/c1-34-23-6-5-22(17-26(23)37-4)29-27(32)10-13-30-11-7-19(8-12-30)28(33)31-14-9-20-15-24(35-2)25(36-3)16-21(20)18-31/h5-6,15-17,19H,7-14,18H2,1-4H3,(H,29,32). The quantitative estimate of drug-likeness (QED) is 0.552. The molecule has 1 fully saturated rings. The van der Waals surface area contributed by atoms with Crippen LogP contribution in [0.5, 0.6) is 23.0 Å². The van der Waals surface area contributed by atoms with E-state index < -0.39 is 0 Å². The van der Waals surface area contributed by atoms with Crippen LogP contribution in [0.25, 0.3) is 0 Å². The molecule has 1 saturated heterocycles. The molecule has 0 aromatic heterocycles. The summed E-state index contributed by atoms with van der Waals surface area (Å²) in [5, 5.41) is 2.92. The first-order valence-electron chi connectivity index (χ1n) is 12.7. The number of anilines is 1. The Kier molecular flexibility index (Phi) is 8.76. The Morgan fingerprint density at radius 3 is 2.11 bits per heavy atom. The van der Waals surface area contributed by atoms with Crippen molar-refractivity contribution in [3.05, 3.63) is 41.5 Å². The molecule has 0 atom stereocenters. The van der Waals surface area contributed by atoms with Crippen LogP contribution in [0.1, 0.15) is 30.4 Å². The van der Waals surface area contributed by atoms with Crippen molar-refractivity contribution in [3.63, 3.8) is 0 Å². The van der Waals surface area contributed by atoms with Crippen molar-refractivity contribution in [1.82, 2.24) is 9.80 Å². The predicted octanol–water partition coefficient (Wildman–Crippen LogP) is 3.35. The number of hydrogen-bond donors (Lipinski definition) is 1. The molecule has 0 saturated carbocycles. The Balaban J connectivity index is 1.23. The third-order valence-electron chi connectivity index (χ3n) is 7.29. The zero-order chi connectivity index (χ0) is 26.4. The summed E-state index contributed by atoms with van der Waals surface area (Å²) in [6, 6.07) is 9.32. The van der Waals surface area contributed by atoms with Gasteiger partial charge in [0, 0.05) is 43.7 Å². The fourth-order valence-electron chi connectivity index (χ4n) is 5.13. The number of carbonyl (C=O) groups excluding carboxylic acids is 2. The summed E-state index contributed by atoms with van der Waals surface area (Å²) in [6.07, 6.45) is 2.83. The molecule has 2 amide bonds. The third-order valence-corrected chi connectivity index (χ3v) is 7.29. The number of likely N-dealkylation sites (tertiary alicyclic amines) is 1. The normalized spacial score (nSPS) is 16.1. The van der Waals surface area contributed by atoms with Crippen molar-refractivity contribution < 1.29 is 28.5 Å². The minimum absolute atomic E-state index is 0.0264. The summed E-state index contributed by atoms with van der Waals surface area (Å²) in [5.74, 6) is 2.81. The molecule has 2 heterocycles. The van der Waals surface area contributed by atoms with E-state index in [1.165, 1.54) is 5.56 Å². The van der Waals surface area contributed by atoms with Gasteiger partial charge in [-0.2, -0.15) is 0 Å². The van der Waals surface area contributed by atoms with Crippen LogP contribution >= 0.6 is 0 Å². The summed E-state index contributed by atoms with van der Waals surface area (Å²) >= 11 is 0. The monoisotopic (exact) mass is 511 g/mol. The van der Waals surface area contributed by atoms with E-state index in [4.69, 9.17) is 18.9 Å². The van der Waals surface area contributed by atoms with E-state index in [0.717, 1.165) is 50.2 Å². The Morgan fingerprint density at radius 1 is 0.838 bits per heavy atom. The number of fused-ring (bicyclic) bond motifs is 1. The van der Waals surface area contributed by atoms with E-state index in [1.807, 2.05) is 17.0 Å². The average molecular weight is 512 g/mol. The summed E-state index contributed by atoms with van der Waals surface area (Å²) in [5.41, 5.74) is 3.00. The van der Waals surface area contributed by atoms with Crippen LogP contribution in [0, 0.1) is 5.92 Å². The fraction of sp³-hybridized carbons (Fsp3) is 0.500. The van der Waals surface area contributed by atoms with Gasteiger partial charge in [0.05, 0.1) is 28.4 Å². The van der Waals surface area contributed by atoms with E-state index in [9.17, 15) is 9.59 Å². The van der Waals surface area contributed by atoms with Gasteiger partial charge in [-0.05, 0) is 67.7 Å². The molecule has 0 aliphatic carbocycles. The molecule has 0 radical (unpaired) electrons. The largest absolute Gasteiger partial charge is 0.493 e. The lowest BCUT2D eigenvalue weighted by Gasteiger charge is -2.36. The minimum atomic E-state index is -0.0514. The Morgan fingerprint density at radius 2 is 1.46 bits per heavy atom. The summed E-state index contributed by atoms with van der Waals surface area (Å²) in [6.45, 7) is 3.62. The molecular weight excluding hydrogens is 474 g/mol. The number of hydrogen-bond acceptors (Lipinski definition) is 7. The third kappa shape index (κ3) is 6.28. The van der Waals surface area contributed by atoms with E-state index in [-0.39, 0.29) is 17.7 Å². The summed E-state index contributed by atoms with van der Waals surface area (Å²) in [4.78, 5) is 30.0. The molecule has 2 aliphatic rings. The van der Waals surface area contributed by atoms with E-state index in [2.05, 4.69) is 10.2 Å². The van der Waals surface area contributed by atoms with Crippen molar-refractivity contribution >= 4 is 17.5 Å². The summed E-state index contributed by atoms with van der Waals surface area (Å²) < 4.78 is 21.4. The summed E-state index contributed by atoms with van der Waals surface area (Å²) in [7, 11) is 6.41. The highest BCUT2D eigenvalue weighted by Crippen LogP contribution is 2.34. The van der Waals surface area contributed by atoms with Crippen LogP contribution in [0.15, 0.2) is 30.3 Å². The van der Waals surface area contributed by atoms with Gasteiger partial charge in [-0.3, -0.25) is 9.59 Å². The Bertz CT molecular complexity index is 1110. The van der Waals surface area contributed by atoms with E-state index >= 15 is 0 Å². The lowest BCUT2D eigenvalue weighted by atomic mass is 9.92. The smallest absolute Gasteiger partial charge is 0.226 e. The molecule has 2 aromatic rings. The molecule has 4 rings (SSSR count). The highest BCUT2D eigenvalue weighted by atomic mass is 16.5. The van der Waals surface area contributed by atoms with Crippen LogP contribution in [0.4, 0.5) is 5.69 Å². The number of methoxy groups -OCH3 is 4. The molecule has 9 nitrogen and oxygen atoms in total. The number of benzene rings is 2. The van der Waals surface area contributed by atoms with Crippen LogP contribution in [-0.4, -0.2) is 76.2 Å². The van der Waals surface area contributed by atoms with Gasteiger partial charge in [-0.1, -0.05) is 0 Å². The lowest BCUT2D eigenvalue weighted by molar-refractivity contribution is -0.138. The van der Waals surface area contributed by atoms with E-state index in [1.54, 1.807) is 46.6 Å². The highest BCUT2D eigenvalue weighted by molar-refractivity contribution is 5.91. The van der Waals surface area contributed by atoms with Gasteiger partial charge in [0.2, 0.25) is 11.8 Å². The van der Waals surface area contributed by atoms with Crippen LogP contribution in [0.3, 0.4) is 0 Å². The van der Waals surface area contributed by atoms with Crippen molar-refractivity contribution in [3.8, 4) is 23.0 Å². The zero-order valence-corrected chi connectivity index (χ0v) is 22.2. The van der Waals surface area contributed by atoms with Gasteiger partial charge < -0.3 is 34.1 Å². The van der Waals surface area contributed by atoms with Gasteiger partial charge in [0.1, 0.15) is 0 Å². The first-order chi connectivity index (χ1) is 17.9. The molecule has 2 aromatic carbocycles. The molecule has 2 aliphatic heterocycles. The van der Waals surface area contributed by atoms with Gasteiger partial charge >= 0.3 is 0 Å². The predicted molar refractivity (Wildman–Crippen MR) is 141 cm³/mol. The molecule has 1 N–H and O–H groups in total. The molecule has 0 spiro atoms. The zero-order valence-electron chi connectivity index (χ0n) is 22.2. The Labute approximate surface area is 218 Å². The molecule has 9 heteroatoms. The van der Waals surface area contributed by atoms with Crippen LogP contribution < -0.4 is 24.3 Å². The van der Waals surface area contributed by atoms with Gasteiger partial charge in [0.15, 0.2) is 23.0 Å². The first kappa shape index (κ1) is 26.6. The van der Waals surface area contributed by atoms with Gasteiger partial charge in [-0.15, -0.1) is 0 Å². The number of rotatable bonds is 9. The SMILES string of the molecule is COc1ccc(NC(=O)CCN2CCC(C(=O)N3CCc4cc(OC)c(OC)cc4C3)CC2)cc1OC. The number of carbonyl (C=O) groups is 2. The second-order valence-corrected chi connectivity index (χ2v) is 9.47. The van der Waals surface area contributed by atoms with Crippen molar-refractivity contribution in [2.24, 2.45) is 5.92 Å². The van der Waals surface area contributed by atoms with Crippen LogP contribution in [0.2, 0.25) is 0 Å². The molecule has 0 unspecified atom stereocenters. The number of piperidine rings is 1. The number of nitrogens with zero attached hydrogens (tertiary/aromatic N) is 2.